The van der Waals surface area contributed by atoms with Crippen molar-refractivity contribution < 1.29 is 9.13 Å². The Bertz CT molecular complexity index is 484. The van der Waals surface area contributed by atoms with E-state index in [9.17, 15) is 4.39 Å². The van der Waals surface area contributed by atoms with Crippen molar-refractivity contribution in [3.8, 4) is 6.07 Å². The van der Waals surface area contributed by atoms with E-state index in [-0.39, 0.29) is 11.9 Å². The number of hydrogen-bond donors (Lipinski definition) is 0. The van der Waals surface area contributed by atoms with Gasteiger partial charge in [0.2, 0.25) is 0 Å². The van der Waals surface area contributed by atoms with Crippen LogP contribution in [0.2, 0.25) is 0 Å². The number of halogens is 1. The van der Waals surface area contributed by atoms with E-state index in [0.29, 0.717) is 18.0 Å². The Balaban J connectivity index is 2.05. The number of nitriles is 1. The van der Waals surface area contributed by atoms with E-state index in [1.54, 1.807) is 13.2 Å². The number of hydrogen-bond acceptors (Lipinski definition) is 3. The van der Waals surface area contributed by atoms with Crippen molar-refractivity contribution in [1.82, 2.24) is 4.90 Å². The van der Waals surface area contributed by atoms with E-state index in [0.717, 1.165) is 25.1 Å². The maximum Gasteiger partial charge on any atom is 0.124 e. The van der Waals surface area contributed by atoms with Crippen molar-refractivity contribution >= 4 is 0 Å². The lowest BCUT2D eigenvalue weighted by molar-refractivity contribution is -0.00746. The monoisotopic (exact) mass is 262 g/mol. The fraction of sp³-hybridized carbons (Fsp3) is 0.533. The quantitative estimate of drug-likeness (QED) is 0.840. The van der Waals surface area contributed by atoms with Crippen LogP contribution in [0.15, 0.2) is 18.2 Å². The summed E-state index contributed by atoms with van der Waals surface area (Å²) >= 11 is 0. The Morgan fingerprint density at radius 2 is 2.26 bits per heavy atom. The molecule has 0 N–H and O–H groups in total. The van der Waals surface area contributed by atoms with Crippen molar-refractivity contribution in [2.24, 2.45) is 5.92 Å². The third-order valence-corrected chi connectivity index (χ3v) is 3.77. The predicted molar refractivity (Wildman–Crippen MR) is 71.0 cm³/mol. The summed E-state index contributed by atoms with van der Waals surface area (Å²) in [5.74, 6) is 0.214. The van der Waals surface area contributed by atoms with Crippen LogP contribution in [-0.2, 0) is 11.3 Å². The molecule has 1 saturated heterocycles. The fourth-order valence-corrected chi connectivity index (χ4v) is 2.61. The van der Waals surface area contributed by atoms with E-state index in [4.69, 9.17) is 10.00 Å². The topological polar surface area (TPSA) is 36.3 Å². The van der Waals surface area contributed by atoms with Crippen molar-refractivity contribution in [2.75, 3.05) is 20.2 Å². The zero-order chi connectivity index (χ0) is 13.8. The molecule has 0 amide bonds. The molecule has 3 nitrogen and oxygen atoms in total. The molecule has 102 valence electrons. The molecule has 1 fully saturated rings. The molecule has 2 rings (SSSR count). The molecular formula is C15H19FN2O. The summed E-state index contributed by atoms with van der Waals surface area (Å²) in [6.45, 7) is 4.70. The highest BCUT2D eigenvalue weighted by molar-refractivity contribution is 5.33. The highest BCUT2D eigenvalue weighted by Crippen LogP contribution is 2.21. The summed E-state index contributed by atoms with van der Waals surface area (Å²) in [5.41, 5.74) is 1.23. The SMILES string of the molecule is COC1CN(Cc2cc(F)cc(C#N)c2)CCC1C. The largest absolute Gasteiger partial charge is 0.380 e. The minimum Gasteiger partial charge on any atom is -0.380 e. The van der Waals surface area contributed by atoms with Crippen LogP contribution in [0.4, 0.5) is 4.39 Å². The smallest absolute Gasteiger partial charge is 0.124 e. The second-order valence-electron chi connectivity index (χ2n) is 5.24. The summed E-state index contributed by atoms with van der Waals surface area (Å²) < 4.78 is 18.9. The van der Waals surface area contributed by atoms with Gasteiger partial charge in [0.1, 0.15) is 5.82 Å². The highest BCUT2D eigenvalue weighted by atomic mass is 19.1. The molecule has 1 aromatic carbocycles. The van der Waals surface area contributed by atoms with E-state index in [2.05, 4.69) is 11.8 Å². The van der Waals surface area contributed by atoms with E-state index >= 15 is 0 Å². The lowest BCUT2D eigenvalue weighted by Gasteiger charge is -2.36. The van der Waals surface area contributed by atoms with Crippen LogP contribution >= 0.6 is 0 Å². The zero-order valence-corrected chi connectivity index (χ0v) is 11.4. The van der Waals surface area contributed by atoms with Gasteiger partial charge in [0.25, 0.3) is 0 Å². The first-order valence-electron chi connectivity index (χ1n) is 6.57. The molecule has 2 atom stereocenters. The van der Waals surface area contributed by atoms with Gasteiger partial charge in [-0.1, -0.05) is 6.92 Å². The Labute approximate surface area is 113 Å². The molecule has 0 aliphatic carbocycles. The summed E-state index contributed by atoms with van der Waals surface area (Å²) in [7, 11) is 1.74. The number of ether oxygens (including phenoxy) is 1. The Morgan fingerprint density at radius 3 is 2.95 bits per heavy atom. The summed E-state index contributed by atoms with van der Waals surface area (Å²) in [4.78, 5) is 2.25. The van der Waals surface area contributed by atoms with E-state index in [1.807, 2.05) is 6.07 Å². The highest BCUT2D eigenvalue weighted by Gasteiger charge is 2.25. The third kappa shape index (κ3) is 3.52. The van der Waals surface area contributed by atoms with Crippen molar-refractivity contribution in [3.05, 3.63) is 35.1 Å². The van der Waals surface area contributed by atoms with Gasteiger partial charge in [0.05, 0.1) is 17.7 Å². The molecular weight excluding hydrogens is 243 g/mol. The number of piperidine rings is 1. The first-order valence-corrected chi connectivity index (χ1v) is 6.57. The average Bonchev–Trinajstić information content (AvgIpc) is 2.40. The minimum atomic E-state index is -0.345. The number of methoxy groups -OCH3 is 1. The molecule has 4 heteroatoms. The van der Waals surface area contributed by atoms with Crippen LogP contribution in [0.25, 0.3) is 0 Å². The number of nitrogens with zero attached hydrogens (tertiary/aromatic N) is 2. The van der Waals surface area contributed by atoms with Gasteiger partial charge in [-0.3, -0.25) is 4.90 Å². The summed E-state index contributed by atoms with van der Waals surface area (Å²) in [6, 6.07) is 6.51. The molecule has 0 aromatic heterocycles. The number of rotatable bonds is 3. The van der Waals surface area contributed by atoms with Crippen LogP contribution in [-0.4, -0.2) is 31.2 Å². The first kappa shape index (κ1) is 14.0. The Hall–Kier alpha value is -1.44. The molecule has 1 aromatic rings. The maximum absolute atomic E-state index is 13.4. The second kappa shape index (κ2) is 6.14. The Kier molecular flexibility index (Phi) is 4.52. The lowest BCUT2D eigenvalue weighted by Crippen LogP contribution is -2.43. The van der Waals surface area contributed by atoms with Gasteiger partial charge in [-0.2, -0.15) is 5.26 Å². The van der Waals surface area contributed by atoms with Crippen molar-refractivity contribution in [3.63, 3.8) is 0 Å². The molecule has 2 unspecified atom stereocenters. The van der Waals surface area contributed by atoms with E-state index in [1.165, 1.54) is 12.1 Å². The van der Waals surface area contributed by atoms with Crippen LogP contribution in [0.5, 0.6) is 0 Å². The molecule has 1 heterocycles. The minimum absolute atomic E-state index is 0.234. The molecule has 1 aliphatic rings. The van der Waals surface area contributed by atoms with Gasteiger partial charge in [-0.25, -0.2) is 4.39 Å². The van der Waals surface area contributed by atoms with Gasteiger partial charge >= 0.3 is 0 Å². The molecule has 0 radical (unpaired) electrons. The van der Waals surface area contributed by atoms with Gasteiger partial charge in [0.15, 0.2) is 0 Å². The zero-order valence-electron chi connectivity index (χ0n) is 11.4. The summed E-state index contributed by atoms with van der Waals surface area (Å²) in [5, 5.41) is 8.86. The normalized spacial score (nSPS) is 24.1. The van der Waals surface area contributed by atoms with Gasteiger partial charge < -0.3 is 4.74 Å². The molecule has 19 heavy (non-hydrogen) atoms. The fourth-order valence-electron chi connectivity index (χ4n) is 2.61. The van der Waals surface area contributed by atoms with Crippen molar-refractivity contribution in [1.29, 1.82) is 5.26 Å². The first-order chi connectivity index (χ1) is 9.12. The lowest BCUT2D eigenvalue weighted by atomic mass is 9.95. The number of benzene rings is 1. The molecule has 0 saturated carbocycles. The maximum atomic E-state index is 13.4. The van der Waals surface area contributed by atoms with E-state index < -0.39 is 0 Å². The van der Waals surface area contributed by atoms with Crippen LogP contribution in [0.1, 0.15) is 24.5 Å². The molecule has 0 bridgehead atoms. The summed E-state index contributed by atoms with van der Waals surface area (Å²) in [6.07, 6.45) is 1.32. The second-order valence-corrected chi connectivity index (χ2v) is 5.24. The third-order valence-electron chi connectivity index (χ3n) is 3.77. The van der Waals surface area contributed by atoms with Crippen LogP contribution in [0.3, 0.4) is 0 Å². The van der Waals surface area contributed by atoms with Crippen molar-refractivity contribution in [2.45, 2.75) is 26.0 Å². The molecule has 0 spiro atoms. The predicted octanol–water partition coefficient (Wildman–Crippen LogP) is 2.55. The standard InChI is InChI=1S/C15H19FN2O/c1-11-3-4-18(10-15(11)19-2)9-13-5-12(8-17)6-14(16)7-13/h5-7,11,15H,3-4,9-10H2,1-2H3. The number of likely N-dealkylation sites (tertiary alicyclic amines) is 1. The van der Waals surface area contributed by atoms with Crippen LogP contribution < -0.4 is 0 Å². The van der Waals surface area contributed by atoms with Gasteiger partial charge in [-0.05, 0) is 42.6 Å². The van der Waals surface area contributed by atoms with Gasteiger partial charge in [0, 0.05) is 20.2 Å². The molecule has 1 aliphatic heterocycles. The van der Waals surface area contributed by atoms with Crippen LogP contribution in [0, 0.1) is 23.1 Å². The Morgan fingerprint density at radius 1 is 1.47 bits per heavy atom. The van der Waals surface area contributed by atoms with Gasteiger partial charge in [-0.15, -0.1) is 0 Å². The average molecular weight is 262 g/mol.